The molecular weight excluding hydrogens is 188 g/mol. The van der Waals surface area contributed by atoms with E-state index in [1.54, 1.807) is 7.11 Å². The monoisotopic (exact) mass is 206 g/mol. The third-order valence-electron chi connectivity index (χ3n) is 3.50. The van der Waals surface area contributed by atoms with Crippen molar-refractivity contribution >= 4 is 5.78 Å². The lowest BCUT2D eigenvalue weighted by Gasteiger charge is -2.29. The van der Waals surface area contributed by atoms with Crippen LogP contribution in [0.5, 0.6) is 0 Å². The van der Waals surface area contributed by atoms with E-state index in [0.717, 1.165) is 12.8 Å². The minimum atomic E-state index is -0.748. The van der Waals surface area contributed by atoms with Gasteiger partial charge in [-0.1, -0.05) is 31.4 Å². The number of allylic oxidation sites excluding steroid dienone is 2. The van der Waals surface area contributed by atoms with Gasteiger partial charge >= 0.3 is 0 Å². The predicted octanol–water partition coefficient (Wildman–Crippen LogP) is 2.65. The largest absolute Gasteiger partial charge is 0.362 e. The van der Waals surface area contributed by atoms with Crippen molar-refractivity contribution in [3.8, 4) is 0 Å². The molecule has 2 aliphatic carbocycles. The Hall–Kier alpha value is -0.890. The van der Waals surface area contributed by atoms with Gasteiger partial charge in [-0.2, -0.15) is 0 Å². The second-order valence-corrected chi connectivity index (χ2v) is 4.41. The van der Waals surface area contributed by atoms with E-state index in [0.29, 0.717) is 0 Å². The molecule has 1 fully saturated rings. The molecule has 2 aliphatic rings. The molecular formula is C13H18O2. The van der Waals surface area contributed by atoms with Crippen molar-refractivity contribution < 1.29 is 9.53 Å². The Morgan fingerprint density at radius 1 is 1.20 bits per heavy atom. The van der Waals surface area contributed by atoms with Crippen molar-refractivity contribution in [1.29, 1.82) is 0 Å². The number of ketones is 1. The van der Waals surface area contributed by atoms with Crippen molar-refractivity contribution in [1.82, 2.24) is 0 Å². The molecule has 0 amide bonds. The van der Waals surface area contributed by atoms with Crippen LogP contribution in [0.2, 0.25) is 0 Å². The maximum absolute atomic E-state index is 12.3. The number of carbonyl (C=O) groups excluding carboxylic acids is 1. The molecule has 0 bridgehead atoms. The highest BCUT2D eigenvalue weighted by molar-refractivity contribution is 5.94. The molecule has 2 rings (SSSR count). The summed E-state index contributed by atoms with van der Waals surface area (Å²) in [6.45, 7) is 0. The molecule has 0 unspecified atom stereocenters. The first-order valence-electron chi connectivity index (χ1n) is 5.75. The molecule has 0 saturated heterocycles. The Morgan fingerprint density at radius 3 is 2.33 bits per heavy atom. The zero-order valence-electron chi connectivity index (χ0n) is 9.24. The van der Waals surface area contributed by atoms with Crippen LogP contribution in [0.4, 0.5) is 0 Å². The molecule has 0 N–H and O–H groups in total. The summed E-state index contributed by atoms with van der Waals surface area (Å²) in [4.78, 5) is 12.3. The minimum absolute atomic E-state index is 0.200. The smallest absolute Gasteiger partial charge is 0.175 e. The van der Waals surface area contributed by atoms with Gasteiger partial charge in [0.05, 0.1) is 0 Å². The van der Waals surface area contributed by atoms with Crippen LogP contribution in [-0.2, 0) is 9.53 Å². The molecule has 0 aliphatic heterocycles. The van der Waals surface area contributed by atoms with E-state index in [9.17, 15) is 4.79 Å². The first-order valence-corrected chi connectivity index (χ1v) is 5.75. The summed E-state index contributed by atoms with van der Waals surface area (Å²) in [5.74, 6) is 0.445. The minimum Gasteiger partial charge on any atom is -0.362 e. The van der Waals surface area contributed by atoms with Gasteiger partial charge in [0.1, 0.15) is 0 Å². The van der Waals surface area contributed by atoms with Crippen LogP contribution in [0, 0.1) is 5.92 Å². The molecule has 2 nitrogen and oxygen atoms in total. The maximum atomic E-state index is 12.3. The SMILES string of the molecule is COC1(C(=O)C2CCCCC2)C=CC=C1. The van der Waals surface area contributed by atoms with Gasteiger partial charge in [-0.15, -0.1) is 0 Å². The number of hydrogen-bond acceptors (Lipinski definition) is 2. The Morgan fingerprint density at radius 2 is 1.80 bits per heavy atom. The molecule has 82 valence electrons. The third kappa shape index (κ3) is 1.91. The standard InChI is InChI=1S/C13H18O2/c1-15-13(9-5-6-10-13)12(14)11-7-3-2-4-8-11/h5-6,9-11H,2-4,7-8H2,1H3. The summed E-state index contributed by atoms with van der Waals surface area (Å²) in [6.07, 6.45) is 13.2. The number of methoxy groups -OCH3 is 1. The van der Waals surface area contributed by atoms with Gasteiger partial charge in [0.25, 0.3) is 0 Å². The molecule has 2 heteroatoms. The maximum Gasteiger partial charge on any atom is 0.175 e. The second-order valence-electron chi connectivity index (χ2n) is 4.41. The number of Topliss-reactive ketones (excluding diaryl/α,β-unsaturated/α-hetero) is 1. The molecule has 1 saturated carbocycles. The van der Waals surface area contributed by atoms with E-state index in [1.165, 1.54) is 19.3 Å². The van der Waals surface area contributed by atoms with Crippen LogP contribution in [-0.4, -0.2) is 18.5 Å². The summed E-state index contributed by atoms with van der Waals surface area (Å²) in [7, 11) is 1.61. The van der Waals surface area contributed by atoms with Crippen molar-refractivity contribution in [2.45, 2.75) is 37.7 Å². The van der Waals surface area contributed by atoms with E-state index in [-0.39, 0.29) is 11.7 Å². The number of carbonyl (C=O) groups is 1. The van der Waals surface area contributed by atoms with Crippen molar-refractivity contribution in [2.24, 2.45) is 5.92 Å². The average Bonchev–Trinajstić information content (AvgIpc) is 2.79. The topological polar surface area (TPSA) is 26.3 Å². The van der Waals surface area contributed by atoms with Crippen LogP contribution < -0.4 is 0 Å². The zero-order valence-corrected chi connectivity index (χ0v) is 9.24. The lowest BCUT2D eigenvalue weighted by molar-refractivity contribution is -0.136. The van der Waals surface area contributed by atoms with Crippen molar-refractivity contribution in [3.05, 3.63) is 24.3 Å². The quantitative estimate of drug-likeness (QED) is 0.709. The second kappa shape index (κ2) is 4.31. The average molecular weight is 206 g/mol. The van der Waals surface area contributed by atoms with Crippen LogP contribution >= 0.6 is 0 Å². The van der Waals surface area contributed by atoms with Crippen molar-refractivity contribution in [3.63, 3.8) is 0 Å². The summed E-state index contributed by atoms with van der Waals surface area (Å²) in [5, 5.41) is 0. The fourth-order valence-electron chi connectivity index (χ4n) is 2.54. The molecule has 0 atom stereocenters. The van der Waals surface area contributed by atoms with Crippen molar-refractivity contribution in [2.75, 3.05) is 7.11 Å². The number of ether oxygens (including phenoxy) is 1. The predicted molar refractivity (Wildman–Crippen MR) is 59.6 cm³/mol. The van der Waals surface area contributed by atoms with Gasteiger partial charge in [-0.05, 0) is 25.0 Å². The van der Waals surface area contributed by atoms with Crippen LogP contribution in [0.25, 0.3) is 0 Å². The highest BCUT2D eigenvalue weighted by atomic mass is 16.5. The molecule has 0 spiro atoms. The normalized spacial score (nSPS) is 24.6. The third-order valence-corrected chi connectivity index (χ3v) is 3.50. The van der Waals surface area contributed by atoms with Gasteiger partial charge in [0.15, 0.2) is 11.4 Å². The van der Waals surface area contributed by atoms with Crippen LogP contribution in [0.15, 0.2) is 24.3 Å². The number of hydrogen-bond donors (Lipinski definition) is 0. The first kappa shape index (κ1) is 10.6. The summed E-state index contributed by atoms with van der Waals surface area (Å²) < 4.78 is 5.39. The molecule has 0 heterocycles. The first-order chi connectivity index (χ1) is 7.28. The molecule has 0 aromatic rings. The van der Waals surface area contributed by atoms with E-state index >= 15 is 0 Å². The van der Waals surface area contributed by atoms with Gasteiger partial charge in [0.2, 0.25) is 0 Å². The fourth-order valence-corrected chi connectivity index (χ4v) is 2.54. The Labute approximate surface area is 91.0 Å². The number of rotatable bonds is 3. The van der Waals surface area contributed by atoms with E-state index in [1.807, 2.05) is 24.3 Å². The highest BCUT2D eigenvalue weighted by Gasteiger charge is 2.39. The fraction of sp³-hybridized carbons (Fsp3) is 0.615. The van der Waals surface area contributed by atoms with E-state index in [2.05, 4.69) is 0 Å². The van der Waals surface area contributed by atoms with Gasteiger partial charge in [-0.3, -0.25) is 4.79 Å². The molecule has 15 heavy (non-hydrogen) atoms. The molecule has 0 aromatic heterocycles. The Kier molecular flexibility index (Phi) is 3.06. The van der Waals surface area contributed by atoms with E-state index in [4.69, 9.17) is 4.74 Å². The van der Waals surface area contributed by atoms with Crippen LogP contribution in [0.1, 0.15) is 32.1 Å². The van der Waals surface area contributed by atoms with Gasteiger partial charge < -0.3 is 4.74 Å². The van der Waals surface area contributed by atoms with Gasteiger partial charge in [0, 0.05) is 13.0 Å². The molecule has 0 aromatic carbocycles. The lowest BCUT2D eigenvalue weighted by atomic mass is 9.80. The Balaban J connectivity index is 2.11. The lowest BCUT2D eigenvalue weighted by Crippen LogP contribution is -2.40. The molecule has 0 radical (unpaired) electrons. The summed E-state index contributed by atoms with van der Waals surface area (Å²) in [5.41, 5.74) is -0.748. The highest BCUT2D eigenvalue weighted by Crippen LogP contribution is 2.32. The summed E-state index contributed by atoms with van der Waals surface area (Å²) >= 11 is 0. The summed E-state index contributed by atoms with van der Waals surface area (Å²) in [6, 6.07) is 0. The van der Waals surface area contributed by atoms with Gasteiger partial charge in [-0.25, -0.2) is 0 Å². The van der Waals surface area contributed by atoms with Crippen LogP contribution in [0.3, 0.4) is 0 Å². The zero-order chi connectivity index (χ0) is 10.7. The van der Waals surface area contributed by atoms with E-state index < -0.39 is 5.60 Å². The Bertz CT molecular complexity index is 284.